The molecule has 0 aliphatic heterocycles. The molecule has 0 radical (unpaired) electrons. The molecule has 0 amide bonds. The van der Waals surface area contributed by atoms with Gasteiger partial charge < -0.3 is 19.7 Å². The van der Waals surface area contributed by atoms with Crippen LogP contribution in [0, 0.1) is 0 Å². The number of rotatable bonds is 7. The molecule has 0 aliphatic carbocycles. The Kier molecular flexibility index (Phi) is 6.26. The quantitative estimate of drug-likeness (QED) is 0.331. The number of methoxy groups -OCH3 is 1. The Labute approximate surface area is 117 Å². The smallest absolute Gasteiger partial charge is 0.413 e. The molecule has 0 aromatic heterocycles. The molecule has 1 rings (SSSR count). The minimum absolute atomic E-state index is 0.143. The number of benzene rings is 1. The molecule has 0 N–H and O–H groups in total. The van der Waals surface area contributed by atoms with Crippen molar-refractivity contribution in [3.05, 3.63) is 29.8 Å². The SMILES string of the molecule is COc1cccc(O[C@@H](C)C[C@H](C)OC(=O)C=[N+]=[N-])c1. The van der Waals surface area contributed by atoms with Crippen LogP contribution in [-0.2, 0) is 9.53 Å². The molecule has 1 aromatic rings. The highest BCUT2D eigenvalue weighted by molar-refractivity contribution is 6.20. The van der Waals surface area contributed by atoms with Gasteiger partial charge in [0.15, 0.2) is 0 Å². The summed E-state index contributed by atoms with van der Waals surface area (Å²) in [6.07, 6.45) is 0.740. The Balaban J connectivity index is 2.47. The molecular formula is C14H18N2O4. The van der Waals surface area contributed by atoms with Gasteiger partial charge in [-0.1, -0.05) is 6.07 Å². The highest BCUT2D eigenvalue weighted by atomic mass is 16.5. The first-order valence-electron chi connectivity index (χ1n) is 6.24. The van der Waals surface area contributed by atoms with Crippen LogP contribution in [0.3, 0.4) is 0 Å². The van der Waals surface area contributed by atoms with Crippen LogP contribution in [-0.4, -0.2) is 36.3 Å². The number of nitrogens with zero attached hydrogens (tertiary/aromatic N) is 2. The largest absolute Gasteiger partial charge is 0.497 e. The molecule has 0 saturated heterocycles. The molecule has 6 heteroatoms. The van der Waals surface area contributed by atoms with Crippen LogP contribution in [0.25, 0.3) is 5.53 Å². The van der Waals surface area contributed by atoms with E-state index in [0.29, 0.717) is 24.1 Å². The van der Waals surface area contributed by atoms with Gasteiger partial charge in [0.1, 0.15) is 17.6 Å². The standard InChI is InChI=1S/C14H18N2O4/c1-10(7-11(2)20-14(17)9-16-15)19-13-6-4-5-12(8-13)18-3/h4-6,8-11H,7H2,1-3H3/t10-,11-/m0/s1. The van der Waals surface area contributed by atoms with E-state index in [1.54, 1.807) is 20.1 Å². The van der Waals surface area contributed by atoms with E-state index in [1.165, 1.54) is 0 Å². The van der Waals surface area contributed by atoms with Gasteiger partial charge in [-0.05, 0) is 26.0 Å². The Morgan fingerprint density at radius 1 is 1.35 bits per heavy atom. The molecule has 0 spiro atoms. The summed E-state index contributed by atoms with van der Waals surface area (Å²) < 4.78 is 15.8. The first kappa shape index (κ1) is 15.7. The summed E-state index contributed by atoms with van der Waals surface area (Å²) in [5.41, 5.74) is 8.21. The van der Waals surface area contributed by atoms with Gasteiger partial charge in [0.05, 0.1) is 13.2 Å². The molecule has 0 aliphatic rings. The maximum atomic E-state index is 11.1. The second-order valence-electron chi connectivity index (χ2n) is 4.34. The predicted octanol–water partition coefficient (Wildman–Crippen LogP) is 2.08. The second kappa shape index (κ2) is 7.96. The lowest BCUT2D eigenvalue weighted by Gasteiger charge is -2.18. The fraction of sp³-hybridized carbons (Fsp3) is 0.429. The van der Waals surface area contributed by atoms with E-state index in [9.17, 15) is 4.79 Å². The molecule has 0 heterocycles. The summed E-state index contributed by atoms with van der Waals surface area (Å²) in [4.78, 5) is 13.7. The molecule has 0 unspecified atom stereocenters. The minimum Gasteiger partial charge on any atom is -0.497 e. The average Bonchev–Trinajstić information content (AvgIpc) is 2.38. The van der Waals surface area contributed by atoms with Crippen molar-refractivity contribution in [3.63, 3.8) is 0 Å². The van der Waals surface area contributed by atoms with Gasteiger partial charge in [-0.25, -0.2) is 4.79 Å². The first-order chi connectivity index (χ1) is 9.55. The first-order valence-corrected chi connectivity index (χ1v) is 6.24. The van der Waals surface area contributed by atoms with Crippen molar-refractivity contribution < 1.29 is 23.8 Å². The Morgan fingerprint density at radius 2 is 2.05 bits per heavy atom. The molecule has 0 fully saturated rings. The molecule has 20 heavy (non-hydrogen) atoms. The number of carbonyl (C=O) groups is 1. The zero-order chi connectivity index (χ0) is 15.0. The van der Waals surface area contributed by atoms with E-state index in [0.717, 1.165) is 0 Å². The van der Waals surface area contributed by atoms with Crippen LogP contribution < -0.4 is 9.47 Å². The maximum absolute atomic E-state index is 11.1. The molecule has 0 bridgehead atoms. The van der Waals surface area contributed by atoms with Gasteiger partial charge in [-0.3, -0.25) is 0 Å². The van der Waals surface area contributed by atoms with E-state index < -0.39 is 5.97 Å². The number of carbonyl (C=O) groups excluding carboxylic acids is 1. The van der Waals surface area contributed by atoms with Gasteiger partial charge in [-0.2, -0.15) is 4.79 Å². The molecule has 2 atom stereocenters. The van der Waals surface area contributed by atoms with Crippen LogP contribution in [0.15, 0.2) is 24.3 Å². The van der Waals surface area contributed by atoms with Crippen LogP contribution >= 0.6 is 0 Å². The zero-order valence-corrected chi connectivity index (χ0v) is 11.8. The predicted molar refractivity (Wildman–Crippen MR) is 72.9 cm³/mol. The summed E-state index contributed by atoms with van der Waals surface area (Å²) in [5.74, 6) is 0.717. The molecular weight excluding hydrogens is 260 g/mol. The number of esters is 1. The summed E-state index contributed by atoms with van der Waals surface area (Å²) >= 11 is 0. The van der Waals surface area contributed by atoms with Gasteiger partial charge in [0, 0.05) is 12.5 Å². The summed E-state index contributed by atoms with van der Waals surface area (Å²) in [6.45, 7) is 3.62. The fourth-order valence-electron chi connectivity index (χ4n) is 1.75. The molecule has 0 saturated carbocycles. The number of hydrogen-bond donors (Lipinski definition) is 0. The fourth-order valence-corrected chi connectivity index (χ4v) is 1.75. The Hall–Kier alpha value is -2.33. The van der Waals surface area contributed by atoms with Gasteiger partial charge >= 0.3 is 12.2 Å². The van der Waals surface area contributed by atoms with Crippen molar-refractivity contribution in [1.82, 2.24) is 0 Å². The van der Waals surface area contributed by atoms with Crippen LogP contribution in [0.5, 0.6) is 11.5 Å². The highest BCUT2D eigenvalue weighted by Crippen LogP contribution is 2.21. The molecule has 1 aromatic carbocycles. The third-order valence-corrected chi connectivity index (χ3v) is 2.52. The monoisotopic (exact) mass is 278 g/mol. The van der Waals surface area contributed by atoms with E-state index in [1.807, 2.05) is 25.1 Å². The minimum atomic E-state index is -0.686. The van der Waals surface area contributed by atoms with Crippen molar-refractivity contribution >= 4 is 12.2 Å². The van der Waals surface area contributed by atoms with Crippen molar-refractivity contribution in [1.29, 1.82) is 0 Å². The number of hydrogen-bond acceptors (Lipinski definition) is 4. The lowest BCUT2D eigenvalue weighted by atomic mass is 10.2. The third-order valence-electron chi connectivity index (χ3n) is 2.52. The van der Waals surface area contributed by atoms with Crippen LogP contribution in [0.4, 0.5) is 0 Å². The highest BCUT2D eigenvalue weighted by Gasteiger charge is 2.15. The molecule has 6 nitrogen and oxygen atoms in total. The van der Waals surface area contributed by atoms with Crippen molar-refractivity contribution in [3.8, 4) is 11.5 Å². The van der Waals surface area contributed by atoms with Crippen molar-refractivity contribution in [2.45, 2.75) is 32.5 Å². The van der Waals surface area contributed by atoms with Crippen molar-refractivity contribution in [2.75, 3.05) is 7.11 Å². The normalized spacial score (nSPS) is 12.8. The maximum Gasteiger partial charge on any atom is 0.413 e. The third kappa shape index (κ3) is 5.54. The summed E-state index contributed by atoms with van der Waals surface area (Å²) in [5, 5.41) is 0. The van der Waals surface area contributed by atoms with E-state index in [4.69, 9.17) is 19.7 Å². The Bertz CT molecular complexity index is 498. The molecule has 108 valence electrons. The topological polar surface area (TPSA) is 81.2 Å². The summed E-state index contributed by atoms with van der Waals surface area (Å²) in [7, 11) is 1.59. The van der Waals surface area contributed by atoms with E-state index >= 15 is 0 Å². The number of ether oxygens (including phenoxy) is 3. The Morgan fingerprint density at radius 3 is 2.70 bits per heavy atom. The lowest BCUT2D eigenvalue weighted by Crippen LogP contribution is -2.23. The second-order valence-corrected chi connectivity index (χ2v) is 4.34. The van der Waals surface area contributed by atoms with Crippen LogP contribution in [0.2, 0.25) is 0 Å². The summed E-state index contributed by atoms with van der Waals surface area (Å²) in [6, 6.07) is 7.28. The lowest BCUT2D eigenvalue weighted by molar-refractivity contribution is -0.144. The van der Waals surface area contributed by atoms with Crippen molar-refractivity contribution in [2.24, 2.45) is 0 Å². The zero-order valence-electron chi connectivity index (χ0n) is 11.8. The van der Waals surface area contributed by atoms with Gasteiger partial charge in [0.2, 0.25) is 0 Å². The average molecular weight is 278 g/mol. The van der Waals surface area contributed by atoms with Gasteiger partial charge in [0.25, 0.3) is 0 Å². The van der Waals surface area contributed by atoms with Gasteiger partial charge in [-0.15, -0.1) is 0 Å². The van der Waals surface area contributed by atoms with E-state index in [-0.39, 0.29) is 12.2 Å². The van der Waals surface area contributed by atoms with E-state index in [2.05, 4.69) is 4.79 Å². The van der Waals surface area contributed by atoms with Crippen LogP contribution in [0.1, 0.15) is 20.3 Å².